The number of allylic oxidation sites excluding steroid dienone is 2. The Morgan fingerprint density at radius 2 is 1.69 bits per heavy atom. The number of aliphatic imine (C=N–C) groups is 1. The summed E-state index contributed by atoms with van der Waals surface area (Å²) in [5.74, 6) is 0.236. The smallest absolute Gasteiger partial charge is 0.168 e. The quantitative estimate of drug-likeness (QED) is 0.404. The zero-order valence-electron chi connectivity index (χ0n) is 16.6. The summed E-state index contributed by atoms with van der Waals surface area (Å²) in [7, 11) is 0. The van der Waals surface area contributed by atoms with Gasteiger partial charge >= 0.3 is 0 Å². The molecule has 1 atom stereocenters. The summed E-state index contributed by atoms with van der Waals surface area (Å²) in [5.41, 5.74) is 3.06. The summed E-state index contributed by atoms with van der Waals surface area (Å²) in [5, 5.41) is 12.9. The number of carbonyl (C=O) groups is 1. The van der Waals surface area contributed by atoms with E-state index in [-0.39, 0.29) is 17.5 Å². The van der Waals surface area contributed by atoms with Gasteiger partial charge in [-0.05, 0) is 47.2 Å². The molecule has 3 heteroatoms. The molecule has 1 unspecified atom stereocenters. The number of nitrogens with zero attached hydrogens (tertiary/aromatic N) is 1. The second-order valence-corrected chi connectivity index (χ2v) is 7.60. The van der Waals surface area contributed by atoms with Crippen LogP contribution >= 0.6 is 0 Å². The van der Waals surface area contributed by atoms with Gasteiger partial charge in [0, 0.05) is 12.8 Å². The number of rotatable bonds is 4. The van der Waals surface area contributed by atoms with Crippen LogP contribution in [0.2, 0.25) is 0 Å². The minimum atomic E-state index is -0.0180. The molecule has 0 spiro atoms. The van der Waals surface area contributed by atoms with Crippen LogP contribution in [-0.2, 0) is 4.79 Å². The first-order chi connectivity index (χ1) is 14.2. The normalized spacial score (nSPS) is 20.2. The zero-order chi connectivity index (χ0) is 20.2. The summed E-state index contributed by atoms with van der Waals surface area (Å²) in [6, 6.07) is 24.3. The van der Waals surface area contributed by atoms with Crippen molar-refractivity contribution in [1.29, 1.82) is 0 Å². The Balaban J connectivity index is 1.78. The van der Waals surface area contributed by atoms with Gasteiger partial charge in [-0.3, -0.25) is 9.79 Å². The Morgan fingerprint density at radius 1 is 0.966 bits per heavy atom. The third-order valence-electron chi connectivity index (χ3n) is 5.48. The first-order valence-corrected chi connectivity index (χ1v) is 10.2. The fourth-order valence-electron chi connectivity index (χ4n) is 4.05. The highest BCUT2D eigenvalue weighted by Crippen LogP contribution is 2.35. The summed E-state index contributed by atoms with van der Waals surface area (Å²) in [6.07, 6.45) is 2.33. The largest absolute Gasteiger partial charge is 0.511 e. The predicted octanol–water partition coefficient (Wildman–Crippen LogP) is 6.67. The predicted molar refractivity (Wildman–Crippen MR) is 119 cm³/mol. The van der Waals surface area contributed by atoms with Crippen LogP contribution in [0.4, 0.5) is 5.69 Å². The first kappa shape index (κ1) is 19.1. The molecular formula is C26H25NO2. The number of Topliss-reactive ketones (excluding diaryl/α,β-unsaturated/α-hetero) is 1. The second-order valence-electron chi connectivity index (χ2n) is 7.60. The maximum atomic E-state index is 13.0. The highest BCUT2D eigenvalue weighted by atomic mass is 16.3. The number of fused-ring (bicyclic) bond motifs is 1. The van der Waals surface area contributed by atoms with E-state index in [0.717, 1.165) is 28.4 Å². The maximum Gasteiger partial charge on any atom is 0.168 e. The van der Waals surface area contributed by atoms with Gasteiger partial charge in [-0.15, -0.1) is 0 Å². The van der Waals surface area contributed by atoms with E-state index < -0.39 is 0 Å². The number of hydrogen-bond acceptors (Lipinski definition) is 3. The SMILES string of the molecule is CCC/C(O)=C1\C(=O)CC(c2ccccc2)CC1=Nc1ccc2ccccc2c1. The van der Waals surface area contributed by atoms with Crippen molar-refractivity contribution < 1.29 is 9.90 Å². The van der Waals surface area contributed by atoms with Gasteiger partial charge in [-0.2, -0.15) is 0 Å². The average molecular weight is 383 g/mol. The third-order valence-corrected chi connectivity index (χ3v) is 5.48. The van der Waals surface area contributed by atoms with Crippen LogP contribution in [0, 0.1) is 0 Å². The molecule has 3 aromatic rings. The van der Waals surface area contributed by atoms with Crippen LogP contribution in [0.15, 0.2) is 89.1 Å². The lowest BCUT2D eigenvalue weighted by atomic mass is 9.78. The number of ketones is 1. The lowest BCUT2D eigenvalue weighted by Gasteiger charge is -2.26. The standard InChI is InChI=1S/C26H25NO2/c1-2-8-24(28)26-23(16-21(17-25(26)29)18-9-4-3-5-10-18)27-22-14-13-19-11-6-7-12-20(19)15-22/h3-7,9-15,21,28H,2,8,16-17H2,1H3/b26-24+,27-23?. The molecule has 29 heavy (non-hydrogen) atoms. The Morgan fingerprint density at radius 3 is 2.45 bits per heavy atom. The molecule has 3 nitrogen and oxygen atoms in total. The van der Waals surface area contributed by atoms with Crippen LogP contribution in [0.25, 0.3) is 10.8 Å². The van der Waals surface area contributed by atoms with Crippen molar-refractivity contribution in [2.75, 3.05) is 0 Å². The molecule has 0 aliphatic heterocycles. The van der Waals surface area contributed by atoms with Gasteiger partial charge in [0.1, 0.15) is 5.76 Å². The Labute approximate surface area is 171 Å². The van der Waals surface area contributed by atoms with Gasteiger partial charge in [0.15, 0.2) is 5.78 Å². The van der Waals surface area contributed by atoms with Gasteiger partial charge in [0.2, 0.25) is 0 Å². The fraction of sp³-hybridized carbons (Fsp3) is 0.231. The van der Waals surface area contributed by atoms with E-state index >= 15 is 0 Å². The average Bonchev–Trinajstić information content (AvgIpc) is 2.74. The number of benzene rings is 3. The molecule has 1 saturated carbocycles. The van der Waals surface area contributed by atoms with Crippen LogP contribution in [0.3, 0.4) is 0 Å². The minimum absolute atomic E-state index is 0.0180. The molecule has 0 aromatic heterocycles. The van der Waals surface area contributed by atoms with Gasteiger partial charge in [-0.25, -0.2) is 0 Å². The first-order valence-electron chi connectivity index (χ1n) is 10.2. The monoisotopic (exact) mass is 383 g/mol. The summed E-state index contributed by atoms with van der Waals surface area (Å²) in [6.45, 7) is 2.00. The van der Waals surface area contributed by atoms with E-state index in [1.54, 1.807) is 0 Å². The topological polar surface area (TPSA) is 49.7 Å². The number of aliphatic hydroxyl groups is 1. The molecule has 0 bridgehead atoms. The van der Waals surface area contributed by atoms with Gasteiger partial charge in [-0.1, -0.05) is 67.6 Å². The Kier molecular flexibility index (Phi) is 5.57. The molecule has 1 fully saturated rings. The summed E-state index contributed by atoms with van der Waals surface area (Å²) >= 11 is 0. The van der Waals surface area contributed by atoms with Crippen molar-refractivity contribution in [2.45, 2.75) is 38.5 Å². The lowest BCUT2D eigenvalue weighted by Crippen LogP contribution is -2.26. The Bertz CT molecular complexity index is 1100. The molecule has 1 N–H and O–H groups in total. The molecule has 0 amide bonds. The highest BCUT2D eigenvalue weighted by molar-refractivity contribution is 6.25. The third kappa shape index (κ3) is 4.14. The van der Waals surface area contributed by atoms with Gasteiger partial charge in [0.25, 0.3) is 0 Å². The van der Waals surface area contributed by atoms with E-state index in [2.05, 4.69) is 24.3 Å². The zero-order valence-corrected chi connectivity index (χ0v) is 16.6. The van der Waals surface area contributed by atoms with Crippen molar-refractivity contribution in [3.05, 3.63) is 89.7 Å². The van der Waals surface area contributed by atoms with E-state index in [1.165, 1.54) is 0 Å². The van der Waals surface area contributed by atoms with Gasteiger partial charge < -0.3 is 5.11 Å². The molecule has 3 aromatic carbocycles. The molecule has 146 valence electrons. The van der Waals surface area contributed by atoms with Crippen molar-refractivity contribution in [1.82, 2.24) is 0 Å². The molecule has 4 rings (SSSR count). The molecule has 0 radical (unpaired) electrons. The van der Waals surface area contributed by atoms with E-state index in [0.29, 0.717) is 30.5 Å². The van der Waals surface area contributed by atoms with Crippen molar-refractivity contribution in [3.63, 3.8) is 0 Å². The van der Waals surface area contributed by atoms with E-state index in [1.807, 2.05) is 55.5 Å². The van der Waals surface area contributed by atoms with Gasteiger partial charge in [0.05, 0.1) is 17.0 Å². The van der Waals surface area contributed by atoms with Crippen LogP contribution < -0.4 is 0 Å². The van der Waals surface area contributed by atoms with Crippen molar-refractivity contribution >= 4 is 28.0 Å². The second kappa shape index (κ2) is 8.44. The fourth-order valence-corrected chi connectivity index (χ4v) is 4.05. The number of hydrogen-bond donors (Lipinski definition) is 1. The van der Waals surface area contributed by atoms with E-state index in [9.17, 15) is 9.90 Å². The van der Waals surface area contributed by atoms with Crippen LogP contribution in [0.1, 0.15) is 44.1 Å². The maximum absolute atomic E-state index is 13.0. The number of carbonyl (C=O) groups excluding carboxylic acids is 1. The van der Waals surface area contributed by atoms with E-state index in [4.69, 9.17) is 4.99 Å². The molecule has 1 aliphatic carbocycles. The molecule has 1 aliphatic rings. The van der Waals surface area contributed by atoms with Crippen LogP contribution in [-0.4, -0.2) is 16.6 Å². The summed E-state index contributed by atoms with van der Waals surface area (Å²) in [4.78, 5) is 17.9. The number of aliphatic hydroxyl groups excluding tert-OH is 1. The van der Waals surface area contributed by atoms with Crippen molar-refractivity contribution in [3.8, 4) is 0 Å². The Hall–Kier alpha value is -3.20. The molecule has 0 saturated heterocycles. The molecule has 0 heterocycles. The van der Waals surface area contributed by atoms with Crippen LogP contribution in [0.5, 0.6) is 0 Å². The van der Waals surface area contributed by atoms with Crippen molar-refractivity contribution in [2.24, 2.45) is 4.99 Å². The highest BCUT2D eigenvalue weighted by Gasteiger charge is 2.32. The minimum Gasteiger partial charge on any atom is -0.511 e. The lowest BCUT2D eigenvalue weighted by molar-refractivity contribution is -0.115. The summed E-state index contributed by atoms with van der Waals surface area (Å²) < 4.78 is 0. The molecular weight excluding hydrogens is 358 g/mol.